The van der Waals surface area contributed by atoms with E-state index in [1.807, 2.05) is 0 Å². The molecule has 0 bridgehead atoms. The number of carboxylic acid groups (broad SMARTS) is 1. The predicted molar refractivity (Wildman–Crippen MR) is 70.8 cm³/mol. The van der Waals surface area contributed by atoms with Gasteiger partial charge in [-0.2, -0.15) is 0 Å². The lowest BCUT2D eigenvalue weighted by Crippen LogP contribution is -2.05. The molecule has 1 heterocycles. The Kier molecular flexibility index (Phi) is 4.03. The number of hydrogen-bond donors (Lipinski definition) is 1. The second kappa shape index (κ2) is 5.43. The van der Waals surface area contributed by atoms with E-state index in [0.29, 0.717) is 0 Å². The number of benzene rings is 1. The van der Waals surface area contributed by atoms with E-state index >= 15 is 0 Å². The molecule has 6 nitrogen and oxygen atoms in total. The summed E-state index contributed by atoms with van der Waals surface area (Å²) < 4.78 is 29.0. The van der Waals surface area contributed by atoms with Crippen LogP contribution in [-0.2, 0) is 15.6 Å². The molecule has 2 aromatic rings. The normalized spacial score (nSPS) is 11.5. The van der Waals surface area contributed by atoms with Gasteiger partial charge < -0.3 is 9.63 Å². The van der Waals surface area contributed by atoms with Crippen LogP contribution in [-0.4, -0.2) is 24.7 Å². The van der Waals surface area contributed by atoms with Gasteiger partial charge in [-0.15, -0.1) is 0 Å². The van der Waals surface area contributed by atoms with Gasteiger partial charge in [0.25, 0.3) is 0 Å². The third-order valence-corrected chi connectivity index (χ3v) is 4.69. The maximum atomic E-state index is 12.2. The lowest BCUT2D eigenvalue weighted by atomic mass is 10.4. The molecule has 1 N–H and O–H groups in total. The van der Waals surface area contributed by atoms with Crippen molar-refractivity contribution in [1.29, 1.82) is 0 Å². The maximum Gasteiger partial charge on any atom is 0.358 e. The predicted octanol–water partition coefficient (Wildman–Crippen LogP) is 2.65. The van der Waals surface area contributed by atoms with Gasteiger partial charge in [0.2, 0.25) is 0 Å². The summed E-state index contributed by atoms with van der Waals surface area (Å²) >= 11 is 11.6. The van der Waals surface area contributed by atoms with Crippen molar-refractivity contribution in [3.05, 3.63) is 45.8 Å². The largest absolute Gasteiger partial charge is 0.476 e. The molecule has 9 heteroatoms. The number of nitrogens with zero attached hydrogens (tertiary/aromatic N) is 1. The minimum Gasteiger partial charge on any atom is -0.476 e. The Bertz CT molecular complexity index is 769. The van der Waals surface area contributed by atoms with Crippen LogP contribution in [0.2, 0.25) is 10.0 Å². The van der Waals surface area contributed by atoms with Crippen LogP contribution in [0.15, 0.2) is 33.7 Å². The molecular weight excluding hydrogens is 329 g/mol. The Morgan fingerprint density at radius 3 is 2.60 bits per heavy atom. The molecule has 20 heavy (non-hydrogen) atoms. The van der Waals surface area contributed by atoms with E-state index in [2.05, 4.69) is 9.68 Å². The molecule has 0 aliphatic heterocycles. The van der Waals surface area contributed by atoms with E-state index in [1.54, 1.807) is 0 Å². The summed E-state index contributed by atoms with van der Waals surface area (Å²) in [6, 6.07) is 5.08. The standard InChI is InChI=1S/C11H7Cl2NO5S/c12-6-1-2-8(13)10(3-6)20(17,18)5-7-4-9(11(15)16)14-19-7/h1-4H,5H2,(H,15,16). The van der Waals surface area contributed by atoms with Crippen LogP contribution in [0, 0.1) is 0 Å². The first-order chi connectivity index (χ1) is 9.29. The van der Waals surface area contributed by atoms with Gasteiger partial charge in [-0.3, -0.25) is 0 Å². The number of rotatable bonds is 4. The average molecular weight is 336 g/mol. The minimum absolute atomic E-state index is 0.0207. The van der Waals surface area contributed by atoms with Crippen LogP contribution in [0.5, 0.6) is 0 Å². The van der Waals surface area contributed by atoms with Gasteiger partial charge in [0.1, 0.15) is 5.75 Å². The van der Waals surface area contributed by atoms with Crippen LogP contribution in [0.1, 0.15) is 16.2 Å². The third-order valence-electron chi connectivity index (χ3n) is 2.34. The van der Waals surface area contributed by atoms with E-state index < -0.39 is 21.6 Å². The lowest BCUT2D eigenvalue weighted by molar-refractivity contribution is 0.0685. The molecule has 0 atom stereocenters. The molecule has 2 rings (SSSR count). The van der Waals surface area contributed by atoms with Crippen molar-refractivity contribution in [2.45, 2.75) is 10.6 Å². The Morgan fingerprint density at radius 1 is 1.30 bits per heavy atom. The summed E-state index contributed by atoms with van der Waals surface area (Å²) in [6.45, 7) is 0. The van der Waals surface area contributed by atoms with Gasteiger partial charge in [-0.25, -0.2) is 13.2 Å². The highest BCUT2D eigenvalue weighted by atomic mass is 35.5. The van der Waals surface area contributed by atoms with Crippen LogP contribution in [0.25, 0.3) is 0 Å². The fourth-order valence-corrected chi connectivity index (χ4v) is 3.51. The van der Waals surface area contributed by atoms with E-state index in [4.69, 9.17) is 28.3 Å². The molecule has 0 radical (unpaired) electrons. The molecule has 0 aliphatic carbocycles. The van der Waals surface area contributed by atoms with E-state index in [0.717, 1.165) is 6.07 Å². The quantitative estimate of drug-likeness (QED) is 0.922. The van der Waals surface area contributed by atoms with Gasteiger partial charge in [-0.1, -0.05) is 28.4 Å². The Balaban J connectivity index is 2.35. The summed E-state index contributed by atoms with van der Waals surface area (Å²) in [5.41, 5.74) is -0.368. The number of aromatic carboxylic acids is 1. The highest BCUT2D eigenvalue weighted by molar-refractivity contribution is 7.90. The molecular formula is C11H7Cl2NO5S. The number of aromatic nitrogens is 1. The fraction of sp³-hybridized carbons (Fsp3) is 0.0909. The van der Waals surface area contributed by atoms with Crippen LogP contribution in [0.4, 0.5) is 0 Å². The molecule has 0 fully saturated rings. The van der Waals surface area contributed by atoms with Crippen molar-refractivity contribution in [3.63, 3.8) is 0 Å². The molecule has 0 saturated heterocycles. The molecule has 0 spiro atoms. The second-order valence-corrected chi connectivity index (χ2v) is 6.62. The SMILES string of the molecule is O=C(O)c1cc(CS(=O)(=O)c2cc(Cl)ccc2Cl)on1. The van der Waals surface area contributed by atoms with E-state index in [-0.39, 0.29) is 26.4 Å². The van der Waals surface area contributed by atoms with Gasteiger partial charge in [0.05, 0.1) is 9.92 Å². The van der Waals surface area contributed by atoms with Crippen molar-refractivity contribution in [1.82, 2.24) is 5.16 Å². The second-order valence-electron chi connectivity index (χ2n) is 3.82. The molecule has 106 valence electrons. The Morgan fingerprint density at radius 2 is 2.00 bits per heavy atom. The smallest absolute Gasteiger partial charge is 0.358 e. The first-order valence-corrected chi connectivity index (χ1v) is 7.57. The third kappa shape index (κ3) is 3.12. The van der Waals surface area contributed by atoms with Gasteiger partial charge in [0, 0.05) is 11.1 Å². The average Bonchev–Trinajstić information content (AvgIpc) is 2.80. The number of carbonyl (C=O) groups is 1. The fourth-order valence-electron chi connectivity index (χ4n) is 1.46. The number of hydrogen-bond acceptors (Lipinski definition) is 5. The summed E-state index contributed by atoms with van der Waals surface area (Å²) in [5, 5.41) is 12.2. The Labute approximate surface area is 123 Å². The van der Waals surface area contributed by atoms with Crippen molar-refractivity contribution in [3.8, 4) is 0 Å². The lowest BCUT2D eigenvalue weighted by Gasteiger charge is -2.05. The van der Waals surface area contributed by atoms with Crippen LogP contribution >= 0.6 is 23.2 Å². The molecule has 0 amide bonds. The number of halogens is 2. The maximum absolute atomic E-state index is 12.2. The van der Waals surface area contributed by atoms with Crippen molar-refractivity contribution in [2.75, 3.05) is 0 Å². The molecule has 0 saturated carbocycles. The summed E-state index contributed by atoms with van der Waals surface area (Å²) in [5.74, 6) is -1.97. The van der Waals surface area contributed by atoms with Crippen LogP contribution < -0.4 is 0 Å². The van der Waals surface area contributed by atoms with Crippen LogP contribution in [0.3, 0.4) is 0 Å². The number of carboxylic acids is 1. The summed E-state index contributed by atoms with van der Waals surface area (Å²) in [6.07, 6.45) is 0. The zero-order chi connectivity index (χ0) is 14.9. The summed E-state index contributed by atoms with van der Waals surface area (Å²) in [7, 11) is -3.82. The first-order valence-electron chi connectivity index (χ1n) is 5.16. The molecule has 1 aromatic carbocycles. The highest BCUT2D eigenvalue weighted by Gasteiger charge is 2.22. The zero-order valence-corrected chi connectivity index (χ0v) is 12.0. The highest BCUT2D eigenvalue weighted by Crippen LogP contribution is 2.27. The summed E-state index contributed by atoms with van der Waals surface area (Å²) in [4.78, 5) is 10.5. The van der Waals surface area contributed by atoms with Gasteiger partial charge >= 0.3 is 5.97 Å². The minimum atomic E-state index is -3.82. The molecule has 0 unspecified atom stereocenters. The molecule has 0 aliphatic rings. The van der Waals surface area contributed by atoms with E-state index in [9.17, 15) is 13.2 Å². The Hall–Kier alpha value is -1.57. The van der Waals surface area contributed by atoms with Crippen molar-refractivity contribution >= 4 is 39.0 Å². The van der Waals surface area contributed by atoms with Gasteiger partial charge in [0.15, 0.2) is 21.3 Å². The number of sulfone groups is 1. The molecule has 1 aromatic heterocycles. The van der Waals surface area contributed by atoms with Gasteiger partial charge in [-0.05, 0) is 18.2 Å². The monoisotopic (exact) mass is 335 g/mol. The topological polar surface area (TPSA) is 97.5 Å². The van der Waals surface area contributed by atoms with Crippen molar-refractivity contribution < 1.29 is 22.8 Å². The zero-order valence-electron chi connectivity index (χ0n) is 9.71. The van der Waals surface area contributed by atoms with Crippen molar-refractivity contribution in [2.24, 2.45) is 0 Å². The van der Waals surface area contributed by atoms with E-state index in [1.165, 1.54) is 18.2 Å². The first kappa shape index (κ1) is 14.8.